The van der Waals surface area contributed by atoms with E-state index in [9.17, 15) is 14.9 Å². The summed E-state index contributed by atoms with van der Waals surface area (Å²) in [7, 11) is 0. The smallest absolute Gasteiger partial charge is 0.270 e. The van der Waals surface area contributed by atoms with E-state index in [1.807, 2.05) is 6.07 Å². The summed E-state index contributed by atoms with van der Waals surface area (Å²) in [6.45, 7) is -0.0168. The van der Waals surface area contributed by atoms with Crippen LogP contribution in [0.4, 0.5) is 5.69 Å². The number of nitrogens with zero attached hydrogens (tertiary/aromatic N) is 3. The highest BCUT2D eigenvalue weighted by molar-refractivity contribution is 5.96. The molecular formula is C13H9N3O3. The van der Waals surface area contributed by atoms with Crippen LogP contribution in [0, 0.1) is 21.4 Å². The zero-order valence-corrected chi connectivity index (χ0v) is 9.81. The lowest BCUT2D eigenvalue weighted by atomic mass is 10.1. The Kier molecular flexibility index (Phi) is 3.39. The van der Waals surface area contributed by atoms with Gasteiger partial charge in [-0.2, -0.15) is 5.26 Å². The maximum atomic E-state index is 12.0. The van der Waals surface area contributed by atoms with Crippen LogP contribution in [0.3, 0.4) is 0 Å². The Morgan fingerprint density at radius 2 is 2.16 bits per heavy atom. The highest BCUT2D eigenvalue weighted by Crippen LogP contribution is 2.14. The zero-order valence-electron chi connectivity index (χ0n) is 9.81. The second-order valence-corrected chi connectivity index (χ2v) is 3.86. The highest BCUT2D eigenvalue weighted by Gasteiger charge is 2.12. The molecule has 1 aromatic carbocycles. The Balaban J connectivity index is 2.23. The lowest BCUT2D eigenvalue weighted by Gasteiger charge is -2.04. The quantitative estimate of drug-likeness (QED) is 0.475. The summed E-state index contributed by atoms with van der Waals surface area (Å²) >= 11 is 0. The van der Waals surface area contributed by atoms with Gasteiger partial charge in [-0.1, -0.05) is 12.1 Å². The molecule has 0 aliphatic heterocycles. The molecule has 0 spiro atoms. The van der Waals surface area contributed by atoms with Gasteiger partial charge < -0.3 is 4.57 Å². The van der Waals surface area contributed by atoms with Crippen molar-refractivity contribution in [1.82, 2.24) is 4.57 Å². The first-order valence-corrected chi connectivity index (χ1v) is 5.44. The Morgan fingerprint density at radius 3 is 2.84 bits per heavy atom. The van der Waals surface area contributed by atoms with Crippen molar-refractivity contribution in [3.8, 4) is 6.07 Å². The average molecular weight is 255 g/mol. The molecule has 6 nitrogen and oxygen atoms in total. The van der Waals surface area contributed by atoms with Crippen molar-refractivity contribution in [3.63, 3.8) is 0 Å². The first-order chi connectivity index (χ1) is 9.11. The molecule has 0 radical (unpaired) electrons. The average Bonchev–Trinajstić information content (AvgIpc) is 2.86. The van der Waals surface area contributed by atoms with Gasteiger partial charge in [-0.05, 0) is 12.1 Å². The number of nitriles is 1. The summed E-state index contributed by atoms with van der Waals surface area (Å²) in [5.74, 6) is -0.281. The van der Waals surface area contributed by atoms with Crippen LogP contribution in [-0.4, -0.2) is 15.3 Å². The number of Topliss-reactive ketones (excluding diaryl/α,β-unsaturated/α-hetero) is 1. The number of rotatable bonds is 4. The minimum Gasteiger partial charge on any atom is -0.332 e. The lowest BCUT2D eigenvalue weighted by molar-refractivity contribution is -0.384. The molecule has 0 aliphatic carbocycles. The molecule has 0 N–H and O–H groups in total. The SMILES string of the molecule is N#Cc1cccn1CC(=O)c1cccc([N+](=O)[O-])c1. The maximum Gasteiger partial charge on any atom is 0.270 e. The summed E-state index contributed by atoms with van der Waals surface area (Å²) in [6, 6.07) is 10.8. The maximum absolute atomic E-state index is 12.0. The number of benzene rings is 1. The number of carbonyl (C=O) groups excluding carboxylic acids is 1. The van der Waals surface area contributed by atoms with Gasteiger partial charge in [-0.15, -0.1) is 0 Å². The monoisotopic (exact) mass is 255 g/mol. The Labute approximate surface area is 108 Å². The minimum absolute atomic E-state index is 0.0168. The summed E-state index contributed by atoms with van der Waals surface area (Å²) in [5.41, 5.74) is 0.504. The number of non-ortho nitro benzene ring substituents is 1. The van der Waals surface area contributed by atoms with Gasteiger partial charge in [0.15, 0.2) is 5.78 Å². The predicted octanol–water partition coefficient (Wildman–Crippen LogP) is 2.15. The first-order valence-electron chi connectivity index (χ1n) is 5.44. The highest BCUT2D eigenvalue weighted by atomic mass is 16.6. The van der Waals surface area contributed by atoms with E-state index in [2.05, 4.69) is 0 Å². The van der Waals surface area contributed by atoms with Crippen LogP contribution in [0.1, 0.15) is 16.1 Å². The van der Waals surface area contributed by atoms with E-state index in [0.717, 1.165) is 0 Å². The van der Waals surface area contributed by atoms with Crippen molar-refractivity contribution in [2.24, 2.45) is 0 Å². The van der Waals surface area contributed by atoms with E-state index in [4.69, 9.17) is 5.26 Å². The van der Waals surface area contributed by atoms with E-state index in [1.165, 1.54) is 28.8 Å². The fourth-order valence-corrected chi connectivity index (χ4v) is 1.69. The lowest BCUT2D eigenvalue weighted by Crippen LogP contribution is -2.11. The predicted molar refractivity (Wildman–Crippen MR) is 66.6 cm³/mol. The third kappa shape index (κ3) is 2.66. The van der Waals surface area contributed by atoms with Crippen molar-refractivity contribution in [1.29, 1.82) is 5.26 Å². The van der Waals surface area contributed by atoms with Gasteiger partial charge in [0, 0.05) is 23.9 Å². The van der Waals surface area contributed by atoms with E-state index >= 15 is 0 Å². The summed E-state index contributed by atoms with van der Waals surface area (Å²) in [5, 5.41) is 19.5. The van der Waals surface area contributed by atoms with Crippen molar-refractivity contribution in [2.75, 3.05) is 0 Å². The topological polar surface area (TPSA) is 88.9 Å². The molecule has 0 saturated heterocycles. The largest absolute Gasteiger partial charge is 0.332 e. The molecule has 19 heavy (non-hydrogen) atoms. The summed E-state index contributed by atoms with van der Waals surface area (Å²) in [6.07, 6.45) is 1.62. The van der Waals surface area contributed by atoms with Crippen LogP contribution in [-0.2, 0) is 6.54 Å². The normalized spacial score (nSPS) is 9.84. The van der Waals surface area contributed by atoms with Gasteiger partial charge in [0.05, 0.1) is 11.5 Å². The standard InChI is InChI=1S/C13H9N3O3/c14-8-12-5-2-6-15(12)9-13(17)10-3-1-4-11(7-10)16(18)19/h1-7H,9H2. The van der Waals surface area contributed by atoms with Crippen LogP contribution in [0.5, 0.6) is 0 Å². The summed E-state index contributed by atoms with van der Waals surface area (Å²) in [4.78, 5) is 22.1. The molecule has 0 fully saturated rings. The van der Waals surface area contributed by atoms with Crippen LogP contribution in [0.25, 0.3) is 0 Å². The van der Waals surface area contributed by atoms with Gasteiger partial charge in [0.1, 0.15) is 11.8 Å². The minimum atomic E-state index is -0.548. The van der Waals surface area contributed by atoms with Crippen LogP contribution in [0.2, 0.25) is 0 Å². The first kappa shape index (κ1) is 12.5. The molecule has 2 rings (SSSR count). The number of hydrogen-bond donors (Lipinski definition) is 0. The van der Waals surface area contributed by atoms with Gasteiger partial charge in [0.2, 0.25) is 0 Å². The van der Waals surface area contributed by atoms with Crippen molar-refractivity contribution < 1.29 is 9.72 Å². The Morgan fingerprint density at radius 1 is 1.37 bits per heavy atom. The number of nitro benzene ring substituents is 1. The van der Waals surface area contributed by atoms with E-state index in [-0.39, 0.29) is 23.6 Å². The molecule has 0 aliphatic rings. The van der Waals surface area contributed by atoms with E-state index < -0.39 is 4.92 Å². The number of carbonyl (C=O) groups is 1. The zero-order chi connectivity index (χ0) is 13.8. The molecule has 0 atom stereocenters. The van der Waals surface area contributed by atoms with Gasteiger partial charge in [0.25, 0.3) is 5.69 Å². The van der Waals surface area contributed by atoms with Gasteiger partial charge >= 0.3 is 0 Å². The third-order valence-electron chi connectivity index (χ3n) is 2.64. The van der Waals surface area contributed by atoms with E-state index in [0.29, 0.717) is 5.69 Å². The third-order valence-corrected chi connectivity index (χ3v) is 2.64. The van der Waals surface area contributed by atoms with Crippen molar-refractivity contribution in [2.45, 2.75) is 6.54 Å². The van der Waals surface area contributed by atoms with Crippen LogP contribution in [0.15, 0.2) is 42.6 Å². The molecule has 1 heterocycles. The molecule has 6 heteroatoms. The van der Waals surface area contributed by atoms with E-state index in [1.54, 1.807) is 18.3 Å². The summed E-state index contributed by atoms with van der Waals surface area (Å²) < 4.78 is 1.50. The molecule has 0 bridgehead atoms. The fraction of sp³-hybridized carbons (Fsp3) is 0.0769. The molecule has 1 aromatic heterocycles. The Hall–Kier alpha value is -2.94. The number of aromatic nitrogens is 1. The molecule has 0 amide bonds. The number of hydrogen-bond acceptors (Lipinski definition) is 4. The van der Waals surface area contributed by atoms with Crippen molar-refractivity contribution >= 4 is 11.5 Å². The second-order valence-electron chi connectivity index (χ2n) is 3.86. The number of ketones is 1. The van der Waals surface area contributed by atoms with Crippen LogP contribution < -0.4 is 0 Å². The van der Waals surface area contributed by atoms with Gasteiger partial charge in [-0.25, -0.2) is 0 Å². The molecule has 0 unspecified atom stereocenters. The molecule has 0 saturated carbocycles. The molecule has 2 aromatic rings. The van der Waals surface area contributed by atoms with Gasteiger partial charge in [-0.3, -0.25) is 14.9 Å². The van der Waals surface area contributed by atoms with Crippen LogP contribution >= 0.6 is 0 Å². The molecule has 94 valence electrons. The number of nitro groups is 1. The van der Waals surface area contributed by atoms with Crippen molar-refractivity contribution in [3.05, 3.63) is 64.0 Å². The second kappa shape index (κ2) is 5.14. The fourth-order valence-electron chi connectivity index (χ4n) is 1.69. The Bertz CT molecular complexity index is 682. The molecular weight excluding hydrogens is 246 g/mol.